The van der Waals surface area contributed by atoms with Crippen molar-refractivity contribution in [1.29, 1.82) is 0 Å². The number of hydrogen-bond donors (Lipinski definition) is 0. The SMILES string of the molecule is c1ccc2cc3c(cc2c1)c1ccc2cc1n3-c1cc3oc4ccccc4c3cc1-c1nc(-c3ccc4c(c3)oc3ccccc34)nc(-c3cccc4ccccc34)c1C2. The number of rotatable bonds is 2. The van der Waals surface area contributed by atoms with E-state index in [1.165, 1.54) is 32.5 Å². The summed E-state index contributed by atoms with van der Waals surface area (Å²) in [5.74, 6) is 0.640. The number of fused-ring (bicyclic) bond motifs is 16. The largest absolute Gasteiger partial charge is 0.456 e. The van der Waals surface area contributed by atoms with Crippen LogP contribution in [0.4, 0.5) is 0 Å². The van der Waals surface area contributed by atoms with Crippen LogP contribution in [-0.2, 0) is 6.42 Å². The molecule has 0 saturated carbocycles. The molecular formula is C55H31N3O2. The Morgan fingerprint density at radius 2 is 1.02 bits per heavy atom. The molecule has 5 heteroatoms. The third kappa shape index (κ3) is 4.46. The smallest absolute Gasteiger partial charge is 0.160 e. The zero-order valence-corrected chi connectivity index (χ0v) is 32.1. The van der Waals surface area contributed by atoms with Gasteiger partial charge in [-0.05, 0) is 75.6 Å². The van der Waals surface area contributed by atoms with Crippen LogP contribution in [0.15, 0.2) is 185 Å². The van der Waals surface area contributed by atoms with Crippen LogP contribution in [0.3, 0.4) is 0 Å². The van der Waals surface area contributed by atoms with Gasteiger partial charge >= 0.3 is 0 Å². The predicted octanol–water partition coefficient (Wildman–Crippen LogP) is 14.6. The van der Waals surface area contributed by atoms with Gasteiger partial charge < -0.3 is 13.4 Å². The highest BCUT2D eigenvalue weighted by Gasteiger charge is 2.27. The molecule has 0 spiro atoms. The maximum Gasteiger partial charge on any atom is 0.160 e. The molecule has 14 rings (SSSR count). The van der Waals surface area contributed by atoms with Crippen molar-refractivity contribution in [3.8, 4) is 39.6 Å². The summed E-state index contributed by atoms with van der Waals surface area (Å²) in [5.41, 5.74) is 13.7. The summed E-state index contributed by atoms with van der Waals surface area (Å²) in [7, 11) is 0. The lowest BCUT2D eigenvalue weighted by molar-refractivity contribution is 0.668. The summed E-state index contributed by atoms with van der Waals surface area (Å²) in [6.45, 7) is 0. The Morgan fingerprint density at radius 1 is 0.400 bits per heavy atom. The minimum Gasteiger partial charge on any atom is -0.456 e. The number of furan rings is 2. The average molecular weight is 766 g/mol. The van der Waals surface area contributed by atoms with Crippen molar-refractivity contribution in [2.24, 2.45) is 0 Å². The van der Waals surface area contributed by atoms with E-state index in [2.05, 4.69) is 162 Å². The molecule has 2 bridgehead atoms. The van der Waals surface area contributed by atoms with E-state index in [1.807, 2.05) is 18.2 Å². The maximum absolute atomic E-state index is 6.66. The van der Waals surface area contributed by atoms with Crippen molar-refractivity contribution in [3.05, 3.63) is 187 Å². The van der Waals surface area contributed by atoms with E-state index >= 15 is 0 Å². The first-order valence-corrected chi connectivity index (χ1v) is 20.4. The van der Waals surface area contributed by atoms with Gasteiger partial charge in [0.2, 0.25) is 0 Å². The molecule has 60 heavy (non-hydrogen) atoms. The molecule has 1 aliphatic rings. The fourth-order valence-electron chi connectivity index (χ4n) is 9.98. The summed E-state index contributed by atoms with van der Waals surface area (Å²) < 4.78 is 15.5. The standard InChI is InChI=1S/C55H31N3O2/c1-2-12-34-27-47-42(26-33(34)11-1)37-22-20-31-24-45-53(41-17-9-13-32-10-3-4-14-36(32)41)56-55(35-21-23-40-38-15-5-7-18-49(38)59-51(40)28-35)57-54(45)44-29-43-39-16-6-8-19-50(39)60-52(43)30-48(44)58(47)46(37)25-31/h1-23,25-30H,24H2. The molecule has 278 valence electrons. The number of benzene rings is 9. The highest BCUT2D eigenvalue weighted by atomic mass is 16.3. The molecule has 4 aromatic heterocycles. The van der Waals surface area contributed by atoms with E-state index in [4.69, 9.17) is 18.8 Å². The van der Waals surface area contributed by atoms with E-state index in [-0.39, 0.29) is 0 Å². The molecule has 0 fully saturated rings. The first kappa shape index (κ1) is 32.0. The van der Waals surface area contributed by atoms with Crippen LogP contribution >= 0.6 is 0 Å². The van der Waals surface area contributed by atoms with Gasteiger partial charge in [-0.1, -0.05) is 121 Å². The first-order valence-electron chi connectivity index (χ1n) is 20.4. The molecule has 5 heterocycles. The fourth-order valence-corrected chi connectivity index (χ4v) is 9.98. The molecular weight excluding hydrogens is 735 g/mol. The van der Waals surface area contributed by atoms with Crippen molar-refractivity contribution < 1.29 is 8.83 Å². The van der Waals surface area contributed by atoms with Crippen molar-refractivity contribution in [3.63, 3.8) is 0 Å². The van der Waals surface area contributed by atoms with Crippen LogP contribution in [0.1, 0.15) is 11.1 Å². The molecule has 0 atom stereocenters. The molecule has 5 nitrogen and oxygen atoms in total. The van der Waals surface area contributed by atoms with Gasteiger partial charge in [0.25, 0.3) is 0 Å². The Labute approximate surface area is 342 Å². The summed E-state index contributed by atoms with van der Waals surface area (Å²) in [4.78, 5) is 11.3. The molecule has 0 unspecified atom stereocenters. The number of para-hydroxylation sites is 2. The van der Waals surface area contributed by atoms with Crippen LogP contribution in [0.25, 0.3) is 127 Å². The van der Waals surface area contributed by atoms with Crippen LogP contribution < -0.4 is 0 Å². The third-order valence-corrected chi connectivity index (χ3v) is 12.8. The van der Waals surface area contributed by atoms with Crippen molar-refractivity contribution >= 4 is 87.2 Å². The Balaban J connectivity index is 1.15. The van der Waals surface area contributed by atoms with Gasteiger partial charge in [-0.25, -0.2) is 9.97 Å². The van der Waals surface area contributed by atoms with Crippen LogP contribution in [0.2, 0.25) is 0 Å². The van der Waals surface area contributed by atoms with E-state index in [1.54, 1.807) is 0 Å². The normalized spacial score (nSPS) is 12.6. The van der Waals surface area contributed by atoms with Gasteiger partial charge in [0.1, 0.15) is 22.3 Å². The Bertz CT molecular complexity index is 3990. The zero-order chi connectivity index (χ0) is 39.1. The second-order valence-corrected chi connectivity index (χ2v) is 16.1. The van der Waals surface area contributed by atoms with E-state index in [0.717, 1.165) is 99.6 Å². The summed E-state index contributed by atoms with van der Waals surface area (Å²) in [6.07, 6.45) is 0.639. The highest BCUT2D eigenvalue weighted by molar-refractivity contribution is 6.16. The number of hydrogen-bond acceptors (Lipinski definition) is 4. The minimum absolute atomic E-state index is 0.639. The second-order valence-electron chi connectivity index (χ2n) is 16.1. The summed E-state index contributed by atoms with van der Waals surface area (Å²) in [5, 5.41) is 11.4. The van der Waals surface area contributed by atoms with Gasteiger partial charge in [0, 0.05) is 67.1 Å². The maximum atomic E-state index is 6.66. The number of aromatic nitrogens is 3. The lowest BCUT2D eigenvalue weighted by Crippen LogP contribution is -2.06. The van der Waals surface area contributed by atoms with Crippen molar-refractivity contribution in [1.82, 2.24) is 14.5 Å². The van der Waals surface area contributed by atoms with Crippen molar-refractivity contribution in [2.45, 2.75) is 6.42 Å². The fraction of sp³-hybridized carbons (Fsp3) is 0.0182. The highest BCUT2D eigenvalue weighted by Crippen LogP contribution is 2.46. The topological polar surface area (TPSA) is 57.0 Å². The molecule has 0 radical (unpaired) electrons. The third-order valence-electron chi connectivity index (χ3n) is 12.8. The molecule has 13 aromatic rings. The zero-order valence-electron chi connectivity index (χ0n) is 32.1. The van der Waals surface area contributed by atoms with Gasteiger partial charge in [0.05, 0.1) is 28.1 Å². The van der Waals surface area contributed by atoms with Gasteiger partial charge in [0.15, 0.2) is 5.82 Å². The van der Waals surface area contributed by atoms with Gasteiger partial charge in [-0.15, -0.1) is 0 Å². The molecule has 0 aliphatic carbocycles. The van der Waals surface area contributed by atoms with Gasteiger partial charge in [-0.2, -0.15) is 0 Å². The summed E-state index contributed by atoms with van der Waals surface area (Å²) >= 11 is 0. The minimum atomic E-state index is 0.639. The Kier molecular flexibility index (Phi) is 6.28. The number of nitrogens with zero attached hydrogens (tertiary/aromatic N) is 3. The van der Waals surface area contributed by atoms with Crippen molar-refractivity contribution in [2.75, 3.05) is 0 Å². The lowest BCUT2D eigenvalue weighted by Gasteiger charge is -2.19. The Hall–Kier alpha value is -8.02. The van der Waals surface area contributed by atoms with E-state index in [9.17, 15) is 0 Å². The molecule has 1 aliphatic heterocycles. The molecule has 9 aromatic carbocycles. The van der Waals surface area contributed by atoms with Crippen LogP contribution in [0.5, 0.6) is 0 Å². The van der Waals surface area contributed by atoms with Crippen LogP contribution in [0, 0.1) is 0 Å². The van der Waals surface area contributed by atoms with Gasteiger partial charge in [-0.3, -0.25) is 0 Å². The molecule has 0 N–H and O–H groups in total. The lowest BCUT2D eigenvalue weighted by atomic mass is 9.91. The summed E-state index contributed by atoms with van der Waals surface area (Å²) in [6, 6.07) is 62.9. The van der Waals surface area contributed by atoms with E-state index in [0.29, 0.717) is 12.2 Å². The average Bonchev–Trinajstić information content (AvgIpc) is 3.96. The van der Waals surface area contributed by atoms with Crippen LogP contribution in [-0.4, -0.2) is 14.5 Å². The quantitative estimate of drug-likeness (QED) is 0.176. The predicted molar refractivity (Wildman–Crippen MR) is 245 cm³/mol. The molecule has 0 amide bonds. The Morgan fingerprint density at radius 3 is 1.83 bits per heavy atom. The first-order chi connectivity index (χ1) is 29.7. The van der Waals surface area contributed by atoms with E-state index < -0.39 is 0 Å². The monoisotopic (exact) mass is 765 g/mol. The second kappa shape index (κ2) is 11.8. The molecule has 0 saturated heterocycles.